The van der Waals surface area contributed by atoms with Gasteiger partial charge in [0.15, 0.2) is 5.75 Å². The highest BCUT2D eigenvalue weighted by Crippen LogP contribution is 2.40. The molecule has 2 aromatic carbocycles. The van der Waals surface area contributed by atoms with Gasteiger partial charge in [0.2, 0.25) is 5.88 Å². The van der Waals surface area contributed by atoms with Crippen LogP contribution < -0.4 is 4.74 Å². The average molecular weight is 398 g/mol. The van der Waals surface area contributed by atoms with Gasteiger partial charge in [0.25, 0.3) is 0 Å². The molecule has 0 radical (unpaired) electrons. The van der Waals surface area contributed by atoms with Crippen LogP contribution in [0.2, 0.25) is 0 Å². The molecule has 0 fully saturated rings. The van der Waals surface area contributed by atoms with Gasteiger partial charge in [-0.15, -0.1) is 11.3 Å². The van der Waals surface area contributed by atoms with E-state index in [1.54, 1.807) is 17.7 Å². The number of thiophene rings is 1. The van der Waals surface area contributed by atoms with Crippen LogP contribution in [0.5, 0.6) is 11.6 Å². The molecule has 5 heteroatoms. The Labute approximate surface area is 172 Å². The van der Waals surface area contributed by atoms with E-state index in [4.69, 9.17) is 4.74 Å². The number of aromatic nitrogens is 3. The zero-order valence-corrected chi connectivity index (χ0v) is 17.2. The Kier molecular flexibility index (Phi) is 4.25. The van der Waals surface area contributed by atoms with E-state index in [1.165, 1.54) is 11.1 Å². The smallest absolute Gasteiger partial charge is 0.231 e. The van der Waals surface area contributed by atoms with Gasteiger partial charge in [-0.2, -0.15) is 0 Å². The Morgan fingerprint density at radius 1 is 0.897 bits per heavy atom. The molecule has 0 spiro atoms. The minimum Gasteiger partial charge on any atom is -0.436 e. The van der Waals surface area contributed by atoms with Crippen molar-refractivity contribution >= 4 is 32.5 Å². The second kappa shape index (κ2) is 6.94. The first-order chi connectivity index (χ1) is 14.1. The first kappa shape index (κ1) is 17.8. The highest BCUT2D eigenvalue weighted by Gasteiger charge is 2.16. The second-order valence-electron chi connectivity index (χ2n) is 7.19. The van der Waals surface area contributed by atoms with E-state index in [0.717, 1.165) is 37.9 Å². The number of hydrogen-bond acceptors (Lipinski definition) is 5. The minimum atomic E-state index is 0.556. The number of rotatable bonds is 3. The van der Waals surface area contributed by atoms with E-state index in [9.17, 15) is 0 Å². The molecule has 3 aromatic heterocycles. The first-order valence-corrected chi connectivity index (χ1v) is 10.3. The summed E-state index contributed by atoms with van der Waals surface area (Å²) in [7, 11) is 0. The monoisotopic (exact) mass is 397 g/mol. The lowest BCUT2D eigenvalue weighted by atomic mass is 10.0. The summed E-state index contributed by atoms with van der Waals surface area (Å²) >= 11 is 1.60. The van der Waals surface area contributed by atoms with Crippen LogP contribution in [0.25, 0.3) is 32.2 Å². The summed E-state index contributed by atoms with van der Waals surface area (Å²) < 4.78 is 6.33. The van der Waals surface area contributed by atoms with Gasteiger partial charge in [0.05, 0.1) is 5.39 Å². The van der Waals surface area contributed by atoms with E-state index < -0.39 is 0 Å². The van der Waals surface area contributed by atoms with Crippen LogP contribution in [0.15, 0.2) is 60.2 Å². The predicted octanol–water partition coefficient (Wildman–Crippen LogP) is 6.62. The summed E-state index contributed by atoms with van der Waals surface area (Å²) in [5.41, 5.74) is 6.56. The fourth-order valence-corrected chi connectivity index (χ4v) is 4.36. The largest absolute Gasteiger partial charge is 0.436 e. The number of pyridine rings is 1. The summed E-state index contributed by atoms with van der Waals surface area (Å²) in [5, 5.41) is 4.10. The molecular weight excluding hydrogens is 378 g/mol. The summed E-state index contributed by atoms with van der Waals surface area (Å²) in [6.45, 7) is 6.24. The number of hydrogen-bond donors (Lipinski definition) is 0. The molecule has 0 aliphatic heterocycles. The SMILES string of the molecule is Cc1ccc2cccc(Oc3ncnc4scc(-c5ccc(C)c(C)c5)c34)c2n1. The standard InChI is InChI=1S/C24H19N3OS/c1-14-7-9-18(11-15(14)2)19-12-29-24-21(19)23(25-13-26-24)28-20-6-4-5-17-10-8-16(3)27-22(17)20/h4-13H,1-3H3. The van der Waals surface area contributed by atoms with Crippen LogP contribution in [0, 0.1) is 20.8 Å². The van der Waals surface area contributed by atoms with Crippen molar-refractivity contribution in [2.75, 3.05) is 0 Å². The number of aryl methyl sites for hydroxylation is 3. The van der Waals surface area contributed by atoms with Crippen molar-refractivity contribution in [1.82, 2.24) is 15.0 Å². The molecule has 0 aliphatic carbocycles. The van der Waals surface area contributed by atoms with Crippen molar-refractivity contribution < 1.29 is 4.74 Å². The van der Waals surface area contributed by atoms with Gasteiger partial charge < -0.3 is 4.74 Å². The predicted molar refractivity (Wildman–Crippen MR) is 119 cm³/mol. The van der Waals surface area contributed by atoms with Crippen molar-refractivity contribution in [1.29, 1.82) is 0 Å². The lowest BCUT2D eigenvalue weighted by Crippen LogP contribution is -1.93. The lowest BCUT2D eigenvalue weighted by Gasteiger charge is -2.10. The maximum Gasteiger partial charge on any atom is 0.231 e. The Morgan fingerprint density at radius 3 is 2.66 bits per heavy atom. The number of fused-ring (bicyclic) bond motifs is 2. The van der Waals surface area contributed by atoms with Crippen LogP contribution in [0.1, 0.15) is 16.8 Å². The van der Waals surface area contributed by atoms with Crippen LogP contribution in [-0.4, -0.2) is 15.0 Å². The number of nitrogens with zero attached hydrogens (tertiary/aromatic N) is 3. The Bertz CT molecular complexity index is 1370. The van der Waals surface area contributed by atoms with E-state index >= 15 is 0 Å². The summed E-state index contributed by atoms with van der Waals surface area (Å²) in [6.07, 6.45) is 1.56. The van der Waals surface area contributed by atoms with Crippen molar-refractivity contribution in [3.63, 3.8) is 0 Å². The summed E-state index contributed by atoms with van der Waals surface area (Å²) in [6, 6.07) is 16.5. The zero-order valence-electron chi connectivity index (χ0n) is 16.4. The molecule has 4 nitrogen and oxygen atoms in total. The molecule has 0 amide bonds. The molecule has 5 aromatic rings. The molecule has 0 unspecified atom stereocenters. The van der Waals surface area contributed by atoms with Gasteiger partial charge >= 0.3 is 0 Å². The quantitative estimate of drug-likeness (QED) is 0.343. The molecule has 0 atom stereocenters. The van der Waals surface area contributed by atoms with Crippen LogP contribution in [0.4, 0.5) is 0 Å². The molecule has 0 bridgehead atoms. The van der Waals surface area contributed by atoms with Crippen molar-refractivity contribution in [2.24, 2.45) is 0 Å². The third-order valence-electron chi connectivity index (χ3n) is 5.18. The van der Waals surface area contributed by atoms with E-state index in [-0.39, 0.29) is 0 Å². The minimum absolute atomic E-state index is 0.556. The van der Waals surface area contributed by atoms with Crippen molar-refractivity contribution in [3.05, 3.63) is 77.1 Å². The fraction of sp³-hybridized carbons (Fsp3) is 0.125. The third-order valence-corrected chi connectivity index (χ3v) is 6.07. The Balaban J connectivity index is 1.68. The second-order valence-corrected chi connectivity index (χ2v) is 8.05. The number of para-hydroxylation sites is 1. The molecule has 142 valence electrons. The van der Waals surface area contributed by atoms with Crippen LogP contribution in [-0.2, 0) is 0 Å². The van der Waals surface area contributed by atoms with Gasteiger partial charge in [-0.25, -0.2) is 15.0 Å². The molecule has 5 rings (SSSR count). The van der Waals surface area contributed by atoms with Gasteiger partial charge in [-0.05, 0) is 49.6 Å². The van der Waals surface area contributed by atoms with E-state index in [0.29, 0.717) is 11.6 Å². The lowest BCUT2D eigenvalue weighted by molar-refractivity contribution is 0.472. The molecule has 0 saturated heterocycles. The summed E-state index contributed by atoms with van der Waals surface area (Å²) in [4.78, 5) is 14.5. The van der Waals surface area contributed by atoms with Crippen LogP contribution >= 0.6 is 11.3 Å². The van der Waals surface area contributed by atoms with Gasteiger partial charge in [0.1, 0.15) is 16.7 Å². The van der Waals surface area contributed by atoms with Gasteiger partial charge in [-0.1, -0.05) is 36.4 Å². The topological polar surface area (TPSA) is 47.9 Å². The van der Waals surface area contributed by atoms with Gasteiger partial charge in [-0.3, -0.25) is 0 Å². The maximum absolute atomic E-state index is 6.33. The molecule has 0 N–H and O–H groups in total. The number of benzene rings is 2. The normalized spacial score (nSPS) is 11.3. The van der Waals surface area contributed by atoms with Crippen LogP contribution in [0.3, 0.4) is 0 Å². The molecule has 29 heavy (non-hydrogen) atoms. The average Bonchev–Trinajstić information content (AvgIpc) is 3.16. The van der Waals surface area contributed by atoms with E-state index in [2.05, 4.69) is 58.4 Å². The Morgan fingerprint density at radius 2 is 1.79 bits per heavy atom. The zero-order chi connectivity index (χ0) is 20.0. The van der Waals surface area contributed by atoms with Gasteiger partial charge in [0, 0.05) is 22.0 Å². The fourth-order valence-electron chi connectivity index (χ4n) is 3.45. The number of ether oxygens (including phenoxy) is 1. The first-order valence-electron chi connectivity index (χ1n) is 9.44. The van der Waals surface area contributed by atoms with E-state index in [1.807, 2.05) is 31.2 Å². The Hall–Kier alpha value is -3.31. The van der Waals surface area contributed by atoms with Crippen molar-refractivity contribution in [3.8, 4) is 22.8 Å². The molecule has 3 heterocycles. The molecule has 0 saturated carbocycles. The maximum atomic E-state index is 6.33. The summed E-state index contributed by atoms with van der Waals surface area (Å²) in [5.74, 6) is 1.25. The molecule has 0 aliphatic rings. The highest BCUT2D eigenvalue weighted by molar-refractivity contribution is 7.17. The third kappa shape index (κ3) is 3.13. The highest BCUT2D eigenvalue weighted by atomic mass is 32.1. The van der Waals surface area contributed by atoms with Crippen molar-refractivity contribution in [2.45, 2.75) is 20.8 Å². The molecular formula is C24H19N3OS.